The largest absolute Gasteiger partial charge is 0.481 e. The van der Waals surface area contributed by atoms with Crippen molar-refractivity contribution >= 4 is 53.4 Å². The van der Waals surface area contributed by atoms with Crippen LogP contribution in [0.2, 0.25) is 0 Å². The van der Waals surface area contributed by atoms with Crippen LogP contribution < -0.4 is 4.90 Å². The molecule has 0 saturated heterocycles. The normalized spacial score (nSPS) is 20.0. The molecule has 2 heterocycles. The molecule has 4 N–H and O–H groups in total. The summed E-state index contributed by atoms with van der Waals surface area (Å²) in [7, 11) is -11.9. The van der Waals surface area contributed by atoms with Crippen molar-refractivity contribution in [3.63, 3.8) is 0 Å². The number of nitrogens with zero attached hydrogens (tertiary/aromatic N) is 2. The lowest BCUT2D eigenvalue weighted by Gasteiger charge is -2.30. The highest BCUT2D eigenvalue weighted by molar-refractivity contribution is 7.86. The highest BCUT2D eigenvalue weighted by Crippen LogP contribution is 2.51. The number of carboxylic acids is 1. The summed E-state index contributed by atoms with van der Waals surface area (Å²) in [5.74, 6) is -1.42. The highest BCUT2D eigenvalue weighted by atomic mass is 32.2. The number of rotatable bonds is 27. The zero-order valence-electron chi connectivity index (χ0n) is 35.1. The van der Waals surface area contributed by atoms with Crippen LogP contribution in [-0.4, -0.2) is 132 Å². The fraction of sp³-hybridized carbons (Fsp3) is 0.561. The van der Waals surface area contributed by atoms with Crippen molar-refractivity contribution in [1.82, 2.24) is 0 Å². The van der Waals surface area contributed by atoms with Crippen molar-refractivity contribution in [2.24, 2.45) is 0 Å². The monoisotopic (exact) mass is 915 g/mol. The number of hydrogen-bond acceptors (Lipinski definition) is 12. The third kappa shape index (κ3) is 13.2. The minimum Gasteiger partial charge on any atom is -0.481 e. The van der Waals surface area contributed by atoms with Crippen LogP contribution in [0.25, 0.3) is 0 Å². The Hall–Kier alpha value is -3.57. The molecule has 0 amide bonds. The Bertz CT molecular complexity index is 2290. The Morgan fingerprint density at radius 2 is 1.34 bits per heavy atom. The molecule has 0 fully saturated rings. The molecule has 0 bridgehead atoms. The van der Waals surface area contributed by atoms with Crippen LogP contribution in [0.3, 0.4) is 0 Å². The number of carboxylic acid groups (broad SMARTS) is 1. The summed E-state index contributed by atoms with van der Waals surface area (Å²) < 4.78 is 126. The Kier molecular flexibility index (Phi) is 17.8. The Balaban J connectivity index is 1.76. The lowest BCUT2D eigenvalue weighted by Crippen LogP contribution is -2.33. The van der Waals surface area contributed by atoms with E-state index in [0.717, 1.165) is 5.71 Å². The second-order valence-corrected chi connectivity index (χ2v) is 19.8. The van der Waals surface area contributed by atoms with Crippen LogP contribution >= 0.6 is 0 Å². The first-order valence-electron chi connectivity index (χ1n) is 20.1. The van der Waals surface area contributed by atoms with E-state index in [1.54, 1.807) is 19.2 Å². The third-order valence-corrected chi connectivity index (χ3v) is 13.6. The molecule has 2 aromatic rings. The van der Waals surface area contributed by atoms with Gasteiger partial charge in [-0.2, -0.15) is 29.8 Å². The van der Waals surface area contributed by atoms with Gasteiger partial charge < -0.3 is 29.0 Å². The summed E-state index contributed by atoms with van der Waals surface area (Å²) in [4.78, 5) is 12.6. The molecule has 0 aromatic heterocycles. The number of fused-ring (bicyclic) bond motifs is 2. The van der Waals surface area contributed by atoms with Gasteiger partial charge in [-0.15, -0.1) is 0 Å². The maximum atomic E-state index is 12.4. The Labute approximate surface area is 359 Å². The first-order valence-corrected chi connectivity index (χ1v) is 24.6. The van der Waals surface area contributed by atoms with Gasteiger partial charge in [0.25, 0.3) is 30.4 Å². The summed E-state index contributed by atoms with van der Waals surface area (Å²) in [5.41, 5.74) is 2.14. The van der Waals surface area contributed by atoms with Crippen molar-refractivity contribution < 1.29 is 72.3 Å². The molecule has 17 nitrogen and oxygen atoms in total. The van der Waals surface area contributed by atoms with E-state index in [9.17, 15) is 48.8 Å². The molecular weight excluding hydrogens is 857 g/mol. The summed E-state index contributed by atoms with van der Waals surface area (Å²) >= 11 is 0. The lowest BCUT2D eigenvalue weighted by atomic mass is 9.76. The zero-order chi connectivity index (χ0) is 45.1. The number of methoxy groups -OCH3 is 1. The fourth-order valence-corrected chi connectivity index (χ4v) is 9.54. The average Bonchev–Trinajstić information content (AvgIpc) is 3.55. The molecule has 4 rings (SSSR count). The van der Waals surface area contributed by atoms with Gasteiger partial charge in [-0.1, -0.05) is 6.08 Å². The number of anilines is 1. The average molecular weight is 916 g/mol. The van der Waals surface area contributed by atoms with Gasteiger partial charge in [-0.3, -0.25) is 18.5 Å². The number of carbonyl (C=O) groups is 1. The molecule has 61 heavy (non-hydrogen) atoms. The number of likely N-dealkylation sites (N-methyl/N-ethyl adjacent to an activating group) is 1. The Morgan fingerprint density at radius 3 is 1.92 bits per heavy atom. The van der Waals surface area contributed by atoms with E-state index in [2.05, 4.69) is 4.58 Å². The van der Waals surface area contributed by atoms with Crippen molar-refractivity contribution in [3.8, 4) is 0 Å². The van der Waals surface area contributed by atoms with Crippen LogP contribution in [0.4, 0.5) is 11.4 Å². The molecule has 0 saturated carbocycles. The first kappa shape index (κ1) is 50.1. The van der Waals surface area contributed by atoms with Gasteiger partial charge in [0.2, 0.25) is 5.69 Å². The molecular formula is C41H59N2O15S3+. The molecule has 2 aliphatic heterocycles. The van der Waals surface area contributed by atoms with Crippen LogP contribution in [-0.2, 0) is 64.9 Å². The lowest BCUT2D eigenvalue weighted by molar-refractivity contribution is -0.438. The van der Waals surface area contributed by atoms with Gasteiger partial charge in [-0.25, -0.2) is 0 Å². The Morgan fingerprint density at radius 1 is 0.754 bits per heavy atom. The fourth-order valence-electron chi connectivity index (χ4n) is 8.01. The number of ether oxygens (including phenoxy) is 4. The van der Waals surface area contributed by atoms with Gasteiger partial charge in [0.1, 0.15) is 6.54 Å². The second kappa shape index (κ2) is 21.7. The van der Waals surface area contributed by atoms with E-state index in [4.69, 9.17) is 18.9 Å². The van der Waals surface area contributed by atoms with Crippen molar-refractivity contribution in [1.29, 1.82) is 0 Å². The quantitative estimate of drug-likeness (QED) is 0.0513. The van der Waals surface area contributed by atoms with Crippen LogP contribution in [0.5, 0.6) is 0 Å². The smallest absolute Gasteiger partial charge is 0.303 e. The van der Waals surface area contributed by atoms with E-state index in [1.807, 2.05) is 43.9 Å². The second-order valence-electron chi connectivity index (χ2n) is 15.3. The van der Waals surface area contributed by atoms with E-state index in [0.29, 0.717) is 100 Å². The van der Waals surface area contributed by atoms with Gasteiger partial charge in [0, 0.05) is 67.6 Å². The SMILES string of the molecule is CCN1C(=CC=CC2=[N+](CCCCCC(=O)O)c3ccc(S(=O)(=O)O)cc3C2(C)CCOCCOCCOCCOC)C(C)(CCCS(=O)(=O)O)c2cc(S(=O)(=O)O)ccc21. The number of allylic oxidation sites excluding steroid dienone is 4. The van der Waals surface area contributed by atoms with E-state index in [1.165, 1.54) is 24.3 Å². The molecule has 20 heteroatoms. The maximum Gasteiger partial charge on any atom is 0.303 e. The summed E-state index contributed by atoms with van der Waals surface area (Å²) in [6, 6.07) is 8.70. The van der Waals surface area contributed by atoms with Crippen molar-refractivity contribution in [2.75, 3.05) is 77.1 Å². The van der Waals surface area contributed by atoms with Crippen LogP contribution in [0, 0.1) is 0 Å². The standard InChI is InChI=1S/C41H58N2O15S3/c1-5-42-35-16-14-31(60(49,50)51)29-33(35)40(2,18-10-28-59(46,47)48)37(42)11-9-12-38-41(3,19-21-56-24-25-58-27-26-57-23-22-55-4)34-30-32(61(52,53)54)15-17-36(34)43(38)20-8-6-7-13-39(44)45/h9,11-12,14-17,29-30H,5-8,10,13,18-28H2,1-4H3,(H3-,44,45,46,47,48,49,50,51,52,53,54)/p+1. The minimum absolute atomic E-state index is 0.0169. The van der Waals surface area contributed by atoms with Crippen molar-refractivity contribution in [3.05, 3.63) is 71.5 Å². The molecule has 2 aromatic carbocycles. The highest BCUT2D eigenvalue weighted by Gasteiger charge is 2.48. The van der Waals surface area contributed by atoms with Crippen LogP contribution in [0.1, 0.15) is 76.8 Å². The molecule has 340 valence electrons. The van der Waals surface area contributed by atoms with Gasteiger partial charge >= 0.3 is 5.97 Å². The first-order chi connectivity index (χ1) is 28.7. The molecule has 2 atom stereocenters. The van der Waals surface area contributed by atoms with E-state index >= 15 is 0 Å². The maximum absolute atomic E-state index is 12.4. The number of unbranched alkanes of at least 4 members (excludes halogenated alkanes) is 2. The van der Waals surface area contributed by atoms with Gasteiger partial charge in [0.05, 0.1) is 60.6 Å². The number of aliphatic carboxylic acids is 1. The molecule has 0 radical (unpaired) electrons. The molecule has 0 spiro atoms. The van der Waals surface area contributed by atoms with Gasteiger partial charge in [-0.05, 0) is 94.8 Å². The van der Waals surface area contributed by atoms with Gasteiger partial charge in [0.15, 0.2) is 5.71 Å². The van der Waals surface area contributed by atoms with Crippen LogP contribution in [0.15, 0.2) is 70.1 Å². The van der Waals surface area contributed by atoms with E-state index < -0.39 is 52.9 Å². The zero-order valence-corrected chi connectivity index (χ0v) is 37.6. The summed E-state index contributed by atoms with van der Waals surface area (Å²) in [5, 5.41) is 9.20. The van der Waals surface area contributed by atoms with Crippen molar-refractivity contribution in [2.45, 2.75) is 86.3 Å². The molecule has 2 unspecified atom stereocenters. The predicted octanol–water partition coefficient (Wildman–Crippen LogP) is 5.17. The minimum atomic E-state index is -4.59. The number of benzene rings is 2. The molecule has 2 aliphatic rings. The predicted molar refractivity (Wildman–Crippen MR) is 228 cm³/mol. The summed E-state index contributed by atoms with van der Waals surface area (Å²) in [6.45, 7) is 9.13. The summed E-state index contributed by atoms with van der Waals surface area (Å²) in [6.07, 6.45) is 7.85. The topological polar surface area (TPSA) is 244 Å². The third-order valence-electron chi connectivity index (χ3n) is 11.1. The number of hydrogen-bond donors (Lipinski definition) is 4. The molecule has 0 aliphatic carbocycles. The van der Waals surface area contributed by atoms with E-state index in [-0.39, 0.29) is 42.3 Å².